The minimum Gasteiger partial charge on any atom is -0.407 e. The fraction of sp³-hybridized carbons (Fsp3) is 0.800. The molecule has 0 aliphatic rings. The van der Waals surface area contributed by atoms with E-state index in [1.807, 2.05) is 18.7 Å². The topological polar surface area (TPSA) is 63.4 Å². The summed E-state index contributed by atoms with van der Waals surface area (Å²) < 4.78 is 10.5. The average Bonchev–Trinajstić information content (AvgIpc) is 2.76. The number of likely N-dealkylation sites (N-methyl/N-ethyl adjacent to an activating group) is 1. The molecular weight excluding hydrogens is 208 g/mol. The number of methoxy groups -OCH3 is 1. The van der Waals surface area contributed by atoms with Gasteiger partial charge in [-0.1, -0.05) is 12.0 Å². The lowest BCUT2D eigenvalue weighted by molar-refractivity contribution is 0.204. The van der Waals surface area contributed by atoms with Crippen LogP contribution in [-0.2, 0) is 11.3 Å². The summed E-state index contributed by atoms with van der Waals surface area (Å²) in [4.78, 5) is 1.99. The first-order valence-electron chi connectivity index (χ1n) is 5.58. The third-order valence-corrected chi connectivity index (χ3v) is 2.20. The van der Waals surface area contributed by atoms with Crippen molar-refractivity contribution < 1.29 is 9.15 Å². The van der Waals surface area contributed by atoms with Crippen LogP contribution in [0.3, 0.4) is 0 Å². The Balaban J connectivity index is 2.52. The van der Waals surface area contributed by atoms with Gasteiger partial charge in [0.25, 0.3) is 0 Å². The molecule has 0 spiro atoms. The first-order chi connectivity index (χ1) is 7.81. The van der Waals surface area contributed by atoms with Crippen LogP contribution < -0.4 is 10.2 Å². The Labute approximate surface area is 96.0 Å². The Kier molecular flexibility index (Phi) is 5.81. The molecule has 1 N–H and O–H groups in total. The fourth-order valence-electron chi connectivity index (χ4n) is 1.27. The molecule has 6 heteroatoms. The summed E-state index contributed by atoms with van der Waals surface area (Å²) in [5.74, 6) is 0.618. The van der Waals surface area contributed by atoms with Crippen molar-refractivity contribution in [2.75, 3.05) is 38.3 Å². The van der Waals surface area contributed by atoms with Crippen molar-refractivity contribution in [1.29, 1.82) is 0 Å². The molecule has 0 saturated heterocycles. The van der Waals surface area contributed by atoms with Crippen molar-refractivity contribution in [1.82, 2.24) is 15.5 Å². The number of nitrogens with zero attached hydrogens (tertiary/aromatic N) is 3. The Morgan fingerprint density at radius 3 is 2.81 bits per heavy atom. The molecule has 0 unspecified atom stereocenters. The minimum atomic E-state index is 0.562. The first-order valence-corrected chi connectivity index (χ1v) is 5.58. The fourth-order valence-corrected chi connectivity index (χ4v) is 1.27. The lowest BCUT2D eigenvalue weighted by Crippen LogP contribution is -2.27. The average molecular weight is 228 g/mol. The highest BCUT2D eigenvalue weighted by Gasteiger charge is 2.12. The van der Waals surface area contributed by atoms with E-state index in [9.17, 15) is 0 Å². The summed E-state index contributed by atoms with van der Waals surface area (Å²) in [6.07, 6.45) is 0. The molecule has 0 saturated carbocycles. The summed E-state index contributed by atoms with van der Waals surface area (Å²) in [5.41, 5.74) is 0. The number of nitrogens with one attached hydrogen (secondary N) is 1. The maximum atomic E-state index is 5.52. The molecule has 0 atom stereocenters. The number of rotatable bonds is 8. The molecular formula is C10H20N4O2. The summed E-state index contributed by atoms with van der Waals surface area (Å²) >= 11 is 0. The molecule has 0 radical (unpaired) electrons. The van der Waals surface area contributed by atoms with E-state index < -0.39 is 0 Å². The summed E-state index contributed by atoms with van der Waals surface area (Å²) in [5, 5.41) is 11.1. The smallest absolute Gasteiger partial charge is 0.318 e. The second-order valence-corrected chi connectivity index (χ2v) is 3.33. The van der Waals surface area contributed by atoms with E-state index in [-0.39, 0.29) is 0 Å². The summed E-state index contributed by atoms with van der Waals surface area (Å²) in [6.45, 7) is 7.82. The van der Waals surface area contributed by atoms with Gasteiger partial charge in [0.05, 0.1) is 13.2 Å². The molecule has 6 nitrogen and oxygen atoms in total. The second-order valence-electron chi connectivity index (χ2n) is 3.33. The Hall–Kier alpha value is -1.14. The van der Waals surface area contributed by atoms with Crippen LogP contribution in [0.25, 0.3) is 0 Å². The third kappa shape index (κ3) is 3.79. The molecule has 0 aromatic carbocycles. The minimum absolute atomic E-state index is 0.562. The maximum Gasteiger partial charge on any atom is 0.318 e. The SMILES string of the molecule is CCNCc1nnc(N(CC)CCOC)o1. The molecule has 0 amide bonds. The monoisotopic (exact) mass is 228 g/mol. The molecule has 1 heterocycles. The molecule has 0 aliphatic carbocycles. The largest absolute Gasteiger partial charge is 0.407 e. The molecule has 0 bridgehead atoms. The van der Waals surface area contributed by atoms with Gasteiger partial charge in [0.2, 0.25) is 5.89 Å². The molecule has 0 fully saturated rings. The number of anilines is 1. The number of ether oxygens (including phenoxy) is 1. The van der Waals surface area contributed by atoms with Crippen molar-refractivity contribution in [2.45, 2.75) is 20.4 Å². The van der Waals surface area contributed by atoms with Gasteiger partial charge >= 0.3 is 6.01 Å². The van der Waals surface area contributed by atoms with Crippen LogP contribution in [0.5, 0.6) is 0 Å². The van der Waals surface area contributed by atoms with E-state index in [2.05, 4.69) is 15.5 Å². The van der Waals surface area contributed by atoms with Gasteiger partial charge in [0, 0.05) is 20.2 Å². The van der Waals surface area contributed by atoms with E-state index >= 15 is 0 Å². The van der Waals surface area contributed by atoms with E-state index in [4.69, 9.17) is 9.15 Å². The molecule has 16 heavy (non-hydrogen) atoms. The highest BCUT2D eigenvalue weighted by molar-refractivity contribution is 5.23. The Morgan fingerprint density at radius 2 is 2.19 bits per heavy atom. The van der Waals surface area contributed by atoms with Gasteiger partial charge in [-0.05, 0) is 13.5 Å². The zero-order valence-corrected chi connectivity index (χ0v) is 10.2. The van der Waals surface area contributed by atoms with Crippen LogP contribution in [0.2, 0.25) is 0 Å². The predicted molar refractivity (Wildman–Crippen MR) is 61.4 cm³/mol. The third-order valence-electron chi connectivity index (χ3n) is 2.20. The van der Waals surface area contributed by atoms with Crippen LogP contribution in [-0.4, -0.2) is 43.5 Å². The normalized spacial score (nSPS) is 10.7. The number of aromatic nitrogens is 2. The zero-order chi connectivity index (χ0) is 11.8. The first kappa shape index (κ1) is 12.9. The van der Waals surface area contributed by atoms with Gasteiger partial charge in [-0.2, -0.15) is 0 Å². The van der Waals surface area contributed by atoms with Crippen LogP contribution >= 0.6 is 0 Å². The van der Waals surface area contributed by atoms with Gasteiger partial charge < -0.3 is 19.4 Å². The van der Waals surface area contributed by atoms with Gasteiger partial charge in [0.1, 0.15) is 0 Å². The highest BCUT2D eigenvalue weighted by Crippen LogP contribution is 2.11. The van der Waals surface area contributed by atoms with Gasteiger partial charge in [-0.15, -0.1) is 5.10 Å². The Bertz CT molecular complexity index is 290. The van der Waals surface area contributed by atoms with E-state index in [1.54, 1.807) is 7.11 Å². The molecule has 1 aromatic rings. The van der Waals surface area contributed by atoms with E-state index in [0.29, 0.717) is 25.1 Å². The summed E-state index contributed by atoms with van der Waals surface area (Å²) in [7, 11) is 1.68. The zero-order valence-electron chi connectivity index (χ0n) is 10.2. The van der Waals surface area contributed by atoms with E-state index in [1.165, 1.54) is 0 Å². The highest BCUT2D eigenvalue weighted by atomic mass is 16.5. The Morgan fingerprint density at radius 1 is 1.38 bits per heavy atom. The van der Waals surface area contributed by atoms with Crippen molar-refractivity contribution in [3.05, 3.63) is 5.89 Å². The molecule has 0 aliphatic heterocycles. The van der Waals surface area contributed by atoms with Crippen molar-refractivity contribution in [2.24, 2.45) is 0 Å². The number of hydrogen-bond donors (Lipinski definition) is 1. The van der Waals surface area contributed by atoms with Crippen LogP contribution in [0.4, 0.5) is 6.01 Å². The second kappa shape index (κ2) is 7.19. The standard InChI is InChI=1S/C10H20N4O2/c1-4-11-8-9-12-13-10(16-9)14(5-2)6-7-15-3/h11H,4-8H2,1-3H3. The van der Waals surface area contributed by atoms with Gasteiger partial charge in [-0.25, -0.2) is 0 Å². The van der Waals surface area contributed by atoms with Gasteiger partial charge in [0.15, 0.2) is 0 Å². The van der Waals surface area contributed by atoms with Crippen LogP contribution in [0.1, 0.15) is 19.7 Å². The quantitative estimate of drug-likeness (QED) is 0.705. The molecule has 1 aromatic heterocycles. The summed E-state index contributed by atoms with van der Waals surface area (Å²) in [6, 6.07) is 0.562. The van der Waals surface area contributed by atoms with Crippen molar-refractivity contribution in [3.8, 4) is 0 Å². The van der Waals surface area contributed by atoms with Gasteiger partial charge in [-0.3, -0.25) is 0 Å². The molecule has 92 valence electrons. The van der Waals surface area contributed by atoms with Crippen molar-refractivity contribution in [3.63, 3.8) is 0 Å². The van der Waals surface area contributed by atoms with Crippen molar-refractivity contribution >= 4 is 6.01 Å². The lowest BCUT2D eigenvalue weighted by atomic mass is 10.5. The van der Waals surface area contributed by atoms with E-state index in [0.717, 1.165) is 19.6 Å². The van der Waals surface area contributed by atoms with Crippen LogP contribution in [0.15, 0.2) is 4.42 Å². The number of hydrogen-bond acceptors (Lipinski definition) is 6. The lowest BCUT2D eigenvalue weighted by Gasteiger charge is -2.16. The van der Waals surface area contributed by atoms with Crippen LogP contribution in [0, 0.1) is 0 Å². The molecule has 1 rings (SSSR count). The maximum absolute atomic E-state index is 5.52. The predicted octanol–water partition coefficient (Wildman–Crippen LogP) is 0.652.